The molecule has 3 aromatic carbocycles. The molecular weight excluding hydrogens is 1150 g/mol. The van der Waals surface area contributed by atoms with Gasteiger partial charge in [0.05, 0.1) is 12.0 Å². The monoisotopic (exact) mass is 1240 g/mol. The lowest BCUT2D eigenvalue weighted by Crippen LogP contribution is -2.63. The Morgan fingerprint density at radius 1 is 0.607 bits per heavy atom. The second-order valence-corrected chi connectivity index (χ2v) is 21.6. The zero-order valence-corrected chi connectivity index (χ0v) is 50.3. The Balaban J connectivity index is 1.52. The molecule has 29 nitrogen and oxygen atoms in total. The Bertz CT molecular complexity index is 3140. The summed E-state index contributed by atoms with van der Waals surface area (Å²) in [6.07, 6.45) is 2.49. The van der Waals surface area contributed by atoms with Crippen LogP contribution in [0.5, 0.6) is 5.75 Å². The van der Waals surface area contributed by atoms with E-state index in [0.29, 0.717) is 30.5 Å². The van der Waals surface area contributed by atoms with Crippen LogP contribution in [-0.2, 0) is 67.2 Å². The van der Waals surface area contributed by atoms with Crippen molar-refractivity contribution in [1.29, 1.82) is 0 Å². The fourth-order valence-electron chi connectivity index (χ4n) is 9.26. The number of para-hydroxylation sites is 1. The molecule has 4 aromatic rings. The van der Waals surface area contributed by atoms with Crippen molar-refractivity contribution in [3.63, 3.8) is 0 Å². The molecule has 9 atom stereocenters. The molecule has 0 unspecified atom stereocenters. The van der Waals surface area contributed by atoms with E-state index in [4.69, 9.17) is 17.2 Å². The van der Waals surface area contributed by atoms with Gasteiger partial charge in [-0.1, -0.05) is 86.7 Å². The maximum atomic E-state index is 14.2. The van der Waals surface area contributed by atoms with Crippen LogP contribution in [0.1, 0.15) is 76.5 Å². The maximum absolute atomic E-state index is 14.2. The number of aromatic amines is 1. The highest BCUT2D eigenvalue weighted by Gasteiger charge is 2.35. The zero-order chi connectivity index (χ0) is 65.7. The van der Waals surface area contributed by atoms with Gasteiger partial charge in [0.25, 0.3) is 0 Å². The van der Waals surface area contributed by atoms with Crippen molar-refractivity contribution in [1.82, 2.24) is 58.2 Å². The van der Waals surface area contributed by atoms with Crippen molar-refractivity contribution >= 4 is 82.0 Å². The summed E-state index contributed by atoms with van der Waals surface area (Å²) in [7, 11) is 1.50. The molecule has 1 heterocycles. The number of aliphatic carboxylic acids is 1. The number of aliphatic hydroxyl groups excluding tert-OH is 1. The van der Waals surface area contributed by atoms with Crippen molar-refractivity contribution in [3.8, 4) is 5.75 Å². The van der Waals surface area contributed by atoms with Crippen LogP contribution in [0.3, 0.4) is 0 Å². The third kappa shape index (κ3) is 25.1. The number of carbonyl (C=O) groups is 11. The number of urea groups is 1. The van der Waals surface area contributed by atoms with E-state index in [1.54, 1.807) is 42.6 Å². The molecule has 0 radical (unpaired) electrons. The van der Waals surface area contributed by atoms with Gasteiger partial charge in [0.15, 0.2) is 5.96 Å². The molecule has 11 amide bonds. The van der Waals surface area contributed by atoms with E-state index in [1.165, 1.54) is 37.4 Å². The van der Waals surface area contributed by atoms with E-state index < -0.39 is 139 Å². The van der Waals surface area contributed by atoms with Gasteiger partial charge in [0, 0.05) is 76.4 Å². The Morgan fingerprint density at radius 3 is 1.78 bits per heavy atom. The quantitative estimate of drug-likeness (QED) is 0.0105. The van der Waals surface area contributed by atoms with Crippen LogP contribution < -0.4 is 70.4 Å². The van der Waals surface area contributed by atoms with Crippen molar-refractivity contribution in [3.05, 3.63) is 114 Å². The Hall–Kier alpha value is -10.1. The number of hydrogen-bond donors (Lipinski definition) is 17. The number of phenolic OH excluding ortho intramolecular Hbond substituents is 1. The molecule has 0 saturated heterocycles. The predicted molar refractivity (Wildman–Crippen MR) is 328 cm³/mol. The lowest BCUT2D eigenvalue weighted by atomic mass is 9.95. The Kier molecular flexibility index (Phi) is 29.0. The highest BCUT2D eigenvalue weighted by Crippen LogP contribution is 2.20. The molecule has 0 aliphatic heterocycles. The van der Waals surface area contributed by atoms with Crippen LogP contribution in [0, 0.1) is 11.8 Å². The molecule has 4 rings (SSSR count). The number of carboxylic acids is 1. The standard InChI is InChI=1S/C60H83N15O14/c1-33(2)27-38(52(82)70-43(18-12-26-66-59(62)64-5)54(84)72-45(51(61)81)30-39-31-67-42-17-10-9-16-41(39)42)15-11-25-65-53(83)46(28-36-13-7-6-8-14-36)73-58(88)50(34(3)76)75-57(87)48(32-68-60(63)89)74-55(85)44(23-24-49(79)80)71-56(86)47(69-35(4)77)29-37-19-21-40(78)22-20-37/h6-11,13-17,19-22,31,33-34,38,43-48,50,67,76,78H,12,18,23-30,32H2,1-5H3,(H2,61,81)(H,65,83)(H,69,77)(H,70,82)(H,71,86)(H,72,84)(H,73,88)(H,74,85)(H,75,87)(H,79,80)(H3,62,64,66)(H3,63,68,89)/t34-,38+,43+,44+,45+,46+,47-,48+,50+/m1/s1. The smallest absolute Gasteiger partial charge is 0.312 e. The summed E-state index contributed by atoms with van der Waals surface area (Å²) in [5.41, 5.74) is 19.5. The van der Waals surface area contributed by atoms with Crippen LogP contribution in [0.4, 0.5) is 4.79 Å². The van der Waals surface area contributed by atoms with E-state index in [-0.39, 0.29) is 49.9 Å². The Labute approximate surface area is 514 Å². The van der Waals surface area contributed by atoms with Gasteiger partial charge >= 0.3 is 12.0 Å². The van der Waals surface area contributed by atoms with Crippen molar-refractivity contribution in [2.24, 2.45) is 34.0 Å². The van der Waals surface area contributed by atoms with E-state index in [2.05, 4.69) is 63.1 Å². The summed E-state index contributed by atoms with van der Waals surface area (Å²) < 4.78 is 0. The fourth-order valence-corrected chi connectivity index (χ4v) is 9.26. The third-order valence-electron chi connectivity index (χ3n) is 13.9. The van der Waals surface area contributed by atoms with Gasteiger partial charge in [-0.3, -0.25) is 52.9 Å². The number of aromatic nitrogens is 1. The molecule has 0 aliphatic rings. The number of nitrogens with zero attached hydrogens (tertiary/aromatic N) is 1. The maximum Gasteiger partial charge on any atom is 0.312 e. The lowest BCUT2D eigenvalue weighted by Gasteiger charge is -2.28. The molecule has 1 aromatic heterocycles. The number of nitrogens with two attached hydrogens (primary N) is 3. The van der Waals surface area contributed by atoms with Gasteiger partial charge in [-0.15, -0.1) is 0 Å². The summed E-state index contributed by atoms with van der Waals surface area (Å²) in [5.74, 6) is -9.86. The van der Waals surface area contributed by atoms with Crippen molar-refractivity contribution in [2.75, 3.05) is 26.7 Å². The number of phenols is 1. The average Bonchev–Trinajstić information content (AvgIpc) is 2.56. The highest BCUT2D eigenvalue weighted by molar-refractivity contribution is 5.98. The second kappa shape index (κ2) is 36.2. The minimum Gasteiger partial charge on any atom is -0.508 e. The van der Waals surface area contributed by atoms with Crippen LogP contribution in [0.2, 0.25) is 0 Å². The number of aromatic hydroxyl groups is 1. The molecule has 0 saturated carbocycles. The molecule has 20 N–H and O–H groups in total. The number of H-pyrrole nitrogens is 1. The highest BCUT2D eigenvalue weighted by atomic mass is 16.4. The number of carboxylic acid groups (broad SMARTS) is 1. The summed E-state index contributed by atoms with van der Waals surface area (Å²) in [6, 6.07) is 10.1. The van der Waals surface area contributed by atoms with Gasteiger partial charge < -0.3 is 90.7 Å². The van der Waals surface area contributed by atoms with Gasteiger partial charge in [0.1, 0.15) is 48.0 Å². The van der Waals surface area contributed by atoms with E-state index in [1.807, 2.05) is 38.1 Å². The Morgan fingerprint density at radius 2 is 1.17 bits per heavy atom. The molecule has 89 heavy (non-hydrogen) atoms. The van der Waals surface area contributed by atoms with Crippen LogP contribution in [0.15, 0.2) is 102 Å². The fraction of sp³-hybridized carbons (Fsp3) is 0.433. The van der Waals surface area contributed by atoms with Crippen molar-refractivity contribution in [2.45, 2.75) is 127 Å². The van der Waals surface area contributed by atoms with E-state index in [9.17, 15) is 68.1 Å². The molecule has 29 heteroatoms. The minimum atomic E-state index is -1.84. The number of fused-ring (bicyclic) bond motifs is 1. The topological polar surface area (TPSA) is 475 Å². The molecule has 0 spiro atoms. The lowest BCUT2D eigenvalue weighted by molar-refractivity contribution is -0.138. The summed E-state index contributed by atoms with van der Waals surface area (Å²) in [6.45, 7) is 5.45. The molecular formula is C60H83N15O14. The van der Waals surface area contributed by atoms with Gasteiger partial charge in [-0.2, -0.15) is 0 Å². The third-order valence-corrected chi connectivity index (χ3v) is 13.9. The van der Waals surface area contributed by atoms with Crippen LogP contribution in [0.25, 0.3) is 10.9 Å². The number of nitrogens with one attached hydrogen (secondary N) is 11. The zero-order valence-electron chi connectivity index (χ0n) is 50.3. The number of primary amides is 2. The number of guanidine groups is 1. The molecule has 482 valence electrons. The first-order valence-electron chi connectivity index (χ1n) is 28.8. The molecule has 0 fully saturated rings. The van der Waals surface area contributed by atoms with Crippen LogP contribution in [-0.4, -0.2) is 167 Å². The number of aliphatic hydroxyl groups is 1. The summed E-state index contributed by atoms with van der Waals surface area (Å²) >= 11 is 0. The minimum absolute atomic E-state index is 0.0420. The van der Waals surface area contributed by atoms with Gasteiger partial charge in [-0.25, -0.2) is 4.79 Å². The number of hydrogen-bond acceptors (Lipinski definition) is 14. The number of rotatable bonds is 36. The second-order valence-electron chi connectivity index (χ2n) is 21.6. The number of aliphatic imine (C=N–C) groups is 1. The summed E-state index contributed by atoms with van der Waals surface area (Å²) in [5, 5.41) is 56.5. The largest absolute Gasteiger partial charge is 0.508 e. The molecule has 0 bridgehead atoms. The SMILES string of the molecule is CN=C(N)NCCC[C@H](NC(=O)[C@@H](C=CCNC(=O)[C@H](Cc1ccccc1)NC(=O)[C@@H](NC(=O)[C@H](CNC(N)=O)NC(=O)[C@H](CCC(=O)O)NC(=O)[C@@H](Cc1ccc(O)cc1)NC(C)=O)[C@@H](C)O)CC(C)C)C(=O)N[C@@H](Cc1c[nH]c2ccccc12)C(N)=O. The number of carbonyl (C=O) groups excluding carboxylic acids is 10. The normalized spacial score (nSPS) is 14.4. The number of benzene rings is 3. The van der Waals surface area contributed by atoms with E-state index in [0.717, 1.165) is 30.3 Å². The summed E-state index contributed by atoms with van der Waals surface area (Å²) in [4.78, 5) is 154. The molecule has 0 aliphatic carbocycles. The van der Waals surface area contributed by atoms with Gasteiger partial charge in [-0.05, 0) is 73.4 Å². The van der Waals surface area contributed by atoms with E-state index >= 15 is 0 Å². The first-order valence-corrected chi connectivity index (χ1v) is 28.8. The predicted octanol–water partition coefficient (Wildman–Crippen LogP) is -1.64. The number of amides is 11. The van der Waals surface area contributed by atoms with Crippen LogP contribution >= 0.6 is 0 Å². The first kappa shape index (κ1) is 71.4. The average molecular weight is 1240 g/mol. The first-order chi connectivity index (χ1) is 42.2. The van der Waals surface area contributed by atoms with Gasteiger partial charge in [0.2, 0.25) is 53.2 Å². The van der Waals surface area contributed by atoms with Crippen molar-refractivity contribution < 1.29 is 68.1 Å².